The van der Waals surface area contributed by atoms with Gasteiger partial charge >= 0.3 is 0 Å². The Labute approximate surface area is 258 Å². The zero-order valence-electron chi connectivity index (χ0n) is 26.7. The van der Waals surface area contributed by atoms with E-state index in [0.717, 1.165) is 18.7 Å². The van der Waals surface area contributed by atoms with E-state index in [0.29, 0.717) is 13.0 Å². The Bertz CT molecular complexity index is 1050. The number of nitrogens with zero attached hydrogens (tertiary/aromatic N) is 2. The van der Waals surface area contributed by atoms with Gasteiger partial charge in [-0.15, -0.1) is 0 Å². The lowest BCUT2D eigenvalue weighted by Crippen LogP contribution is -2.33. The molecule has 0 saturated carbocycles. The molecule has 6 heteroatoms. The number of pyridine rings is 1. The summed E-state index contributed by atoms with van der Waals surface area (Å²) in [5.74, 6) is -0.215. The molecule has 42 heavy (non-hydrogen) atoms. The van der Waals surface area contributed by atoms with Crippen molar-refractivity contribution in [3.8, 4) is 0 Å². The third-order valence-corrected chi connectivity index (χ3v) is 8.83. The molecule has 0 spiro atoms. The maximum atomic E-state index is 10.9. The zero-order valence-corrected chi connectivity index (χ0v) is 27.5. The molecule has 0 aliphatic rings. The maximum Gasteiger partial charge on any atom is 0.265 e. The Kier molecular flexibility index (Phi) is 19.2. The monoisotopic (exact) mass is 599 g/mol. The van der Waals surface area contributed by atoms with Gasteiger partial charge in [0.1, 0.15) is 6.54 Å². The van der Waals surface area contributed by atoms with Crippen LogP contribution in [0.1, 0.15) is 134 Å². The summed E-state index contributed by atoms with van der Waals surface area (Å²) < 4.78 is 32.6. The van der Waals surface area contributed by atoms with Crippen LogP contribution in [-0.2, 0) is 16.7 Å². The van der Waals surface area contributed by atoms with E-state index in [2.05, 4.69) is 55.2 Å². The second-order valence-electron chi connectivity index (χ2n) is 11.9. The predicted octanol–water partition coefficient (Wildman–Crippen LogP) is 9.51. The fraction of sp³-hybridized carbons (Fsp3) is 0.639. The number of anilines is 1. The first-order valence-corrected chi connectivity index (χ1v) is 18.5. The Hall–Kier alpha value is -2.18. The van der Waals surface area contributed by atoms with Crippen molar-refractivity contribution in [2.24, 2.45) is 0 Å². The van der Waals surface area contributed by atoms with Crippen LogP contribution in [-0.4, -0.2) is 31.8 Å². The molecule has 236 valence electrons. The molecular weight excluding hydrogens is 540 g/mol. The van der Waals surface area contributed by atoms with Gasteiger partial charge in [-0.05, 0) is 36.1 Å². The van der Waals surface area contributed by atoms with E-state index in [9.17, 15) is 8.42 Å². The van der Waals surface area contributed by atoms with Crippen molar-refractivity contribution in [2.75, 3.05) is 23.7 Å². The van der Waals surface area contributed by atoms with Crippen molar-refractivity contribution < 1.29 is 17.5 Å². The van der Waals surface area contributed by atoms with Crippen LogP contribution in [0.4, 0.5) is 5.69 Å². The summed E-state index contributed by atoms with van der Waals surface area (Å²) in [6.07, 6.45) is 30.2. The van der Waals surface area contributed by atoms with Crippen molar-refractivity contribution in [2.45, 2.75) is 130 Å². The molecule has 5 nitrogen and oxygen atoms in total. The van der Waals surface area contributed by atoms with Crippen LogP contribution in [0.15, 0.2) is 48.8 Å². The molecular formula is C36H59N2O3S+. The molecule has 0 unspecified atom stereocenters. The normalized spacial score (nSPS) is 11.9. The summed E-state index contributed by atoms with van der Waals surface area (Å²) in [6.45, 7) is 7.42. The van der Waals surface area contributed by atoms with Gasteiger partial charge in [0, 0.05) is 37.3 Å². The third-order valence-electron chi connectivity index (χ3n) is 8.03. The molecule has 1 aromatic carbocycles. The molecule has 1 N–H and O–H groups in total. The average Bonchev–Trinajstić information content (AvgIpc) is 2.98. The maximum absolute atomic E-state index is 10.9. The molecule has 2 rings (SSSR count). The summed E-state index contributed by atoms with van der Waals surface area (Å²) in [6, 6.07) is 13.0. The first kappa shape index (κ1) is 36.0. The fourth-order valence-corrected chi connectivity index (χ4v) is 5.88. The first-order chi connectivity index (χ1) is 20.4. The molecule has 0 aliphatic carbocycles. The average molecular weight is 600 g/mol. The predicted molar refractivity (Wildman–Crippen MR) is 180 cm³/mol. The van der Waals surface area contributed by atoms with Gasteiger partial charge < -0.3 is 4.90 Å². The first-order valence-electron chi connectivity index (χ1n) is 16.9. The molecule has 0 fully saturated rings. The highest BCUT2D eigenvalue weighted by Gasteiger charge is 2.08. The number of hydrogen-bond acceptors (Lipinski definition) is 3. The summed E-state index contributed by atoms with van der Waals surface area (Å²) in [4.78, 5) is 2.61. The van der Waals surface area contributed by atoms with Crippen LogP contribution < -0.4 is 9.47 Å². The Morgan fingerprint density at radius 3 is 1.50 bits per heavy atom. The lowest BCUT2D eigenvalue weighted by Gasteiger charge is -2.25. The van der Waals surface area contributed by atoms with Crippen molar-refractivity contribution in [3.63, 3.8) is 0 Å². The van der Waals surface area contributed by atoms with E-state index in [4.69, 9.17) is 4.55 Å². The van der Waals surface area contributed by atoms with Gasteiger partial charge in [0.25, 0.3) is 10.1 Å². The number of hydrogen-bond donors (Lipinski definition) is 1. The van der Waals surface area contributed by atoms with Gasteiger partial charge in [-0.2, -0.15) is 8.42 Å². The Balaban J connectivity index is 1.86. The quantitative estimate of drug-likeness (QED) is 0.0701. The molecule has 1 aromatic heterocycles. The second kappa shape index (κ2) is 22.4. The van der Waals surface area contributed by atoms with E-state index < -0.39 is 10.1 Å². The highest BCUT2D eigenvalue weighted by molar-refractivity contribution is 7.85. The summed E-state index contributed by atoms with van der Waals surface area (Å²) >= 11 is 0. The van der Waals surface area contributed by atoms with Crippen LogP contribution in [0, 0.1) is 0 Å². The standard InChI is InChI=1S/C36H58N2O3S/c1-3-5-7-9-11-13-15-17-29-38(30-18-16-14-12-10-8-6-4-2)36-24-22-34(23-25-36)20-21-35-26-31-37(32-27-35)28-19-33-42(39,40)41/h20-27,31-32H,3-19,28-30,33H2,1-2H3/p+1. The van der Waals surface area contributed by atoms with Crippen molar-refractivity contribution in [1.82, 2.24) is 0 Å². The van der Waals surface area contributed by atoms with E-state index in [1.807, 2.05) is 29.1 Å². The fourth-order valence-electron chi connectivity index (χ4n) is 5.39. The number of rotatable bonds is 25. The molecule has 0 radical (unpaired) electrons. The highest BCUT2D eigenvalue weighted by atomic mass is 32.2. The van der Waals surface area contributed by atoms with Crippen molar-refractivity contribution >= 4 is 28.0 Å². The van der Waals surface area contributed by atoms with Gasteiger partial charge in [0.2, 0.25) is 0 Å². The van der Waals surface area contributed by atoms with Crippen molar-refractivity contribution in [3.05, 3.63) is 59.9 Å². The minimum Gasteiger partial charge on any atom is -0.372 e. The lowest BCUT2D eigenvalue weighted by molar-refractivity contribution is -0.696. The number of unbranched alkanes of at least 4 members (excludes halogenated alkanes) is 14. The molecule has 0 saturated heterocycles. The largest absolute Gasteiger partial charge is 0.372 e. The second-order valence-corrected chi connectivity index (χ2v) is 13.4. The number of aryl methyl sites for hydroxylation is 1. The minimum atomic E-state index is -3.90. The number of aromatic nitrogens is 1. The third kappa shape index (κ3) is 17.7. The Morgan fingerprint density at radius 1 is 0.619 bits per heavy atom. The molecule has 0 aliphatic heterocycles. The molecule has 0 amide bonds. The van der Waals surface area contributed by atoms with Gasteiger partial charge in [-0.25, -0.2) is 4.57 Å². The summed E-state index contributed by atoms with van der Waals surface area (Å²) in [5.41, 5.74) is 3.61. The van der Waals surface area contributed by atoms with Gasteiger partial charge in [0.15, 0.2) is 12.4 Å². The molecule has 0 atom stereocenters. The summed E-state index contributed by atoms with van der Waals surface area (Å²) in [7, 11) is -3.90. The van der Waals surface area contributed by atoms with Crippen molar-refractivity contribution in [1.29, 1.82) is 0 Å². The SMILES string of the molecule is CCCCCCCCCCN(CCCCCCCCCC)c1ccc(/C=C/c2cc[n+](CCCS(=O)(=O)O)cc2)cc1. The Morgan fingerprint density at radius 2 is 1.05 bits per heavy atom. The van der Waals surface area contributed by atoms with Gasteiger partial charge in [-0.3, -0.25) is 4.55 Å². The van der Waals surface area contributed by atoms with Crippen LogP contribution in [0.3, 0.4) is 0 Å². The van der Waals surface area contributed by atoms with E-state index >= 15 is 0 Å². The van der Waals surface area contributed by atoms with Gasteiger partial charge in [0.05, 0.1) is 5.75 Å². The summed E-state index contributed by atoms with van der Waals surface area (Å²) in [5, 5.41) is 0. The van der Waals surface area contributed by atoms with Crippen LogP contribution >= 0.6 is 0 Å². The van der Waals surface area contributed by atoms with Crippen LogP contribution in [0.25, 0.3) is 12.2 Å². The zero-order chi connectivity index (χ0) is 30.3. The lowest BCUT2D eigenvalue weighted by atomic mass is 10.1. The van der Waals surface area contributed by atoms with Crippen LogP contribution in [0.2, 0.25) is 0 Å². The minimum absolute atomic E-state index is 0.215. The molecule has 1 heterocycles. The van der Waals surface area contributed by atoms with E-state index in [-0.39, 0.29) is 5.75 Å². The topological polar surface area (TPSA) is 61.5 Å². The van der Waals surface area contributed by atoms with E-state index in [1.54, 1.807) is 0 Å². The van der Waals surface area contributed by atoms with Crippen LogP contribution in [0.5, 0.6) is 0 Å². The smallest absolute Gasteiger partial charge is 0.265 e. The molecule has 0 bridgehead atoms. The van der Waals surface area contributed by atoms with E-state index in [1.165, 1.54) is 114 Å². The highest BCUT2D eigenvalue weighted by Crippen LogP contribution is 2.20. The molecule has 2 aromatic rings. The van der Waals surface area contributed by atoms with Gasteiger partial charge in [-0.1, -0.05) is 128 Å². The number of benzene rings is 1.